The van der Waals surface area contributed by atoms with Crippen molar-refractivity contribution in [2.24, 2.45) is 0 Å². The van der Waals surface area contributed by atoms with Gasteiger partial charge in [0.25, 0.3) is 0 Å². The maximum atomic E-state index is 11.1. The predicted octanol–water partition coefficient (Wildman–Crippen LogP) is 2.23. The Morgan fingerprint density at radius 3 is 3.00 bits per heavy atom. The third-order valence-corrected chi connectivity index (χ3v) is 3.63. The number of carboxylic acids is 1. The SMILES string of the molecule is Cc1ccc(C)c(OCCN2CCC[C@@H]2C(=O)O)c1. The highest BCUT2D eigenvalue weighted by atomic mass is 16.5. The van der Waals surface area contributed by atoms with Crippen molar-refractivity contribution in [2.75, 3.05) is 19.7 Å². The Morgan fingerprint density at radius 2 is 2.26 bits per heavy atom. The van der Waals surface area contributed by atoms with Gasteiger partial charge in [-0.1, -0.05) is 12.1 Å². The summed E-state index contributed by atoms with van der Waals surface area (Å²) in [4.78, 5) is 13.1. The van der Waals surface area contributed by atoms with Gasteiger partial charge < -0.3 is 9.84 Å². The van der Waals surface area contributed by atoms with Gasteiger partial charge in [0.05, 0.1) is 0 Å². The monoisotopic (exact) mass is 263 g/mol. The minimum Gasteiger partial charge on any atom is -0.492 e. The maximum absolute atomic E-state index is 11.1. The predicted molar refractivity (Wildman–Crippen MR) is 73.6 cm³/mol. The minimum absolute atomic E-state index is 0.331. The zero-order chi connectivity index (χ0) is 13.8. The molecule has 0 amide bonds. The van der Waals surface area contributed by atoms with E-state index in [0.717, 1.165) is 30.7 Å². The van der Waals surface area contributed by atoms with Crippen molar-refractivity contribution in [2.45, 2.75) is 32.7 Å². The molecule has 0 radical (unpaired) electrons. The number of hydrogen-bond acceptors (Lipinski definition) is 3. The van der Waals surface area contributed by atoms with E-state index in [2.05, 4.69) is 6.07 Å². The van der Waals surface area contributed by atoms with Gasteiger partial charge in [0.2, 0.25) is 0 Å². The van der Waals surface area contributed by atoms with Crippen molar-refractivity contribution >= 4 is 5.97 Å². The maximum Gasteiger partial charge on any atom is 0.320 e. The van der Waals surface area contributed by atoms with E-state index in [1.807, 2.05) is 30.9 Å². The number of aliphatic carboxylic acids is 1. The van der Waals surface area contributed by atoms with Gasteiger partial charge in [0, 0.05) is 6.54 Å². The first-order valence-corrected chi connectivity index (χ1v) is 6.75. The fourth-order valence-corrected chi connectivity index (χ4v) is 2.51. The van der Waals surface area contributed by atoms with Gasteiger partial charge in [-0.15, -0.1) is 0 Å². The summed E-state index contributed by atoms with van der Waals surface area (Å²) >= 11 is 0. The highest BCUT2D eigenvalue weighted by Crippen LogP contribution is 2.20. The van der Waals surface area contributed by atoms with Gasteiger partial charge in [-0.3, -0.25) is 9.69 Å². The summed E-state index contributed by atoms with van der Waals surface area (Å²) in [7, 11) is 0. The largest absolute Gasteiger partial charge is 0.492 e. The molecule has 2 rings (SSSR count). The van der Waals surface area contributed by atoms with E-state index >= 15 is 0 Å². The number of likely N-dealkylation sites (tertiary alicyclic amines) is 1. The number of ether oxygens (including phenoxy) is 1. The van der Waals surface area contributed by atoms with Gasteiger partial charge in [-0.25, -0.2) is 0 Å². The van der Waals surface area contributed by atoms with Crippen molar-refractivity contribution in [1.82, 2.24) is 4.90 Å². The third kappa shape index (κ3) is 3.47. The number of benzene rings is 1. The van der Waals surface area contributed by atoms with E-state index in [4.69, 9.17) is 9.84 Å². The van der Waals surface area contributed by atoms with Crippen LogP contribution in [-0.2, 0) is 4.79 Å². The van der Waals surface area contributed by atoms with E-state index in [1.54, 1.807) is 0 Å². The summed E-state index contributed by atoms with van der Waals surface area (Å²) in [6, 6.07) is 5.79. The van der Waals surface area contributed by atoms with E-state index in [9.17, 15) is 4.79 Å². The summed E-state index contributed by atoms with van der Waals surface area (Å²) < 4.78 is 5.77. The molecule has 1 saturated heterocycles. The first-order valence-electron chi connectivity index (χ1n) is 6.75. The normalized spacial score (nSPS) is 19.6. The van der Waals surface area contributed by atoms with Crippen molar-refractivity contribution in [3.8, 4) is 5.75 Å². The Kier molecular flexibility index (Phi) is 4.43. The van der Waals surface area contributed by atoms with Crippen LogP contribution in [0.15, 0.2) is 18.2 Å². The van der Waals surface area contributed by atoms with Crippen LogP contribution in [0, 0.1) is 13.8 Å². The Labute approximate surface area is 114 Å². The van der Waals surface area contributed by atoms with E-state index < -0.39 is 5.97 Å². The van der Waals surface area contributed by atoms with E-state index in [0.29, 0.717) is 13.2 Å². The summed E-state index contributed by atoms with van der Waals surface area (Å²) in [6.45, 7) is 6.11. The first kappa shape index (κ1) is 13.9. The molecule has 1 fully saturated rings. The van der Waals surface area contributed by atoms with Crippen LogP contribution in [0.3, 0.4) is 0 Å². The van der Waals surface area contributed by atoms with Crippen LogP contribution >= 0.6 is 0 Å². The molecule has 1 aromatic rings. The molecule has 1 aliphatic heterocycles. The average Bonchev–Trinajstić information content (AvgIpc) is 2.82. The minimum atomic E-state index is -0.718. The Hall–Kier alpha value is -1.55. The lowest BCUT2D eigenvalue weighted by Gasteiger charge is -2.21. The van der Waals surface area contributed by atoms with Crippen LogP contribution in [-0.4, -0.2) is 41.7 Å². The zero-order valence-electron chi connectivity index (χ0n) is 11.6. The van der Waals surface area contributed by atoms with Gasteiger partial charge in [-0.05, 0) is 50.4 Å². The number of carbonyl (C=O) groups is 1. The van der Waals surface area contributed by atoms with Crippen molar-refractivity contribution in [1.29, 1.82) is 0 Å². The highest BCUT2D eigenvalue weighted by molar-refractivity contribution is 5.73. The fraction of sp³-hybridized carbons (Fsp3) is 0.533. The van der Waals surface area contributed by atoms with Crippen molar-refractivity contribution in [3.05, 3.63) is 29.3 Å². The summed E-state index contributed by atoms with van der Waals surface area (Å²) in [5.41, 5.74) is 2.28. The highest BCUT2D eigenvalue weighted by Gasteiger charge is 2.29. The zero-order valence-corrected chi connectivity index (χ0v) is 11.6. The third-order valence-electron chi connectivity index (χ3n) is 3.63. The lowest BCUT2D eigenvalue weighted by atomic mass is 10.1. The quantitative estimate of drug-likeness (QED) is 0.885. The van der Waals surface area contributed by atoms with Crippen LogP contribution in [0.25, 0.3) is 0 Å². The molecule has 0 aliphatic carbocycles. The molecule has 1 heterocycles. The molecule has 0 bridgehead atoms. The van der Waals surface area contributed by atoms with Gasteiger partial charge in [-0.2, -0.15) is 0 Å². The summed E-state index contributed by atoms with van der Waals surface area (Å²) in [5.74, 6) is 0.176. The molecule has 4 heteroatoms. The molecule has 4 nitrogen and oxygen atoms in total. The van der Waals surface area contributed by atoms with Crippen LogP contribution in [0.5, 0.6) is 5.75 Å². The second-order valence-electron chi connectivity index (χ2n) is 5.15. The van der Waals surface area contributed by atoms with Crippen LogP contribution in [0.1, 0.15) is 24.0 Å². The molecule has 1 aromatic carbocycles. The van der Waals surface area contributed by atoms with Crippen LogP contribution in [0.2, 0.25) is 0 Å². The number of carboxylic acid groups (broad SMARTS) is 1. The Morgan fingerprint density at radius 1 is 1.47 bits per heavy atom. The van der Waals surface area contributed by atoms with Gasteiger partial charge in [0.15, 0.2) is 0 Å². The van der Waals surface area contributed by atoms with Gasteiger partial charge in [0.1, 0.15) is 18.4 Å². The Bertz CT molecular complexity index is 459. The molecule has 0 unspecified atom stereocenters. The lowest BCUT2D eigenvalue weighted by molar-refractivity contribution is -0.142. The van der Waals surface area contributed by atoms with Crippen LogP contribution < -0.4 is 4.74 Å². The van der Waals surface area contributed by atoms with E-state index in [-0.39, 0.29) is 6.04 Å². The molecule has 1 aliphatic rings. The summed E-state index contributed by atoms with van der Waals surface area (Å²) in [5, 5.41) is 9.10. The molecular weight excluding hydrogens is 242 g/mol. The number of rotatable bonds is 5. The standard InChI is InChI=1S/C15H21NO3/c1-11-5-6-12(2)14(10-11)19-9-8-16-7-3-4-13(16)15(17)18/h5-6,10,13H,3-4,7-9H2,1-2H3,(H,17,18)/t13-/m1/s1. The Balaban J connectivity index is 1.86. The summed E-state index contributed by atoms with van der Waals surface area (Å²) in [6.07, 6.45) is 1.71. The smallest absolute Gasteiger partial charge is 0.320 e. The topological polar surface area (TPSA) is 49.8 Å². The average molecular weight is 263 g/mol. The van der Waals surface area contributed by atoms with Gasteiger partial charge >= 0.3 is 5.97 Å². The molecule has 0 saturated carbocycles. The second kappa shape index (κ2) is 6.06. The molecule has 19 heavy (non-hydrogen) atoms. The molecule has 104 valence electrons. The molecular formula is C15H21NO3. The van der Waals surface area contributed by atoms with Crippen molar-refractivity contribution in [3.63, 3.8) is 0 Å². The lowest BCUT2D eigenvalue weighted by Crippen LogP contribution is -2.38. The molecule has 0 spiro atoms. The van der Waals surface area contributed by atoms with Crippen molar-refractivity contribution < 1.29 is 14.6 Å². The van der Waals surface area contributed by atoms with E-state index in [1.165, 1.54) is 5.56 Å². The first-order chi connectivity index (χ1) is 9.08. The number of hydrogen-bond donors (Lipinski definition) is 1. The number of nitrogens with zero attached hydrogens (tertiary/aromatic N) is 1. The number of aryl methyl sites for hydroxylation is 2. The second-order valence-corrected chi connectivity index (χ2v) is 5.15. The van der Waals surface area contributed by atoms with Crippen LogP contribution in [0.4, 0.5) is 0 Å². The molecule has 1 atom stereocenters. The fourth-order valence-electron chi connectivity index (χ4n) is 2.51. The molecule has 0 aromatic heterocycles. The molecule has 1 N–H and O–H groups in total.